The van der Waals surface area contributed by atoms with Crippen LogP contribution in [0.25, 0.3) is 0 Å². The predicted molar refractivity (Wildman–Crippen MR) is 56.9 cm³/mol. The van der Waals surface area contributed by atoms with E-state index in [4.69, 9.17) is 5.73 Å². The Hall–Kier alpha value is -1.06. The third-order valence-electron chi connectivity index (χ3n) is 2.26. The van der Waals surface area contributed by atoms with Crippen molar-refractivity contribution in [3.63, 3.8) is 0 Å². The van der Waals surface area contributed by atoms with Gasteiger partial charge in [-0.15, -0.1) is 0 Å². The number of nitrogens with zero attached hydrogens (tertiary/aromatic N) is 1. The zero-order valence-corrected chi connectivity index (χ0v) is 8.92. The van der Waals surface area contributed by atoms with Crippen LogP contribution >= 0.6 is 0 Å². The normalized spacial score (nSPS) is 18.1. The molecule has 0 aromatic heterocycles. The molecule has 1 amide bonds. The molecule has 3 N–H and O–H groups in total. The first kappa shape index (κ1) is 11.0. The molecule has 0 heterocycles. The van der Waals surface area contributed by atoms with Crippen LogP contribution in [0.15, 0.2) is 4.99 Å². The summed E-state index contributed by atoms with van der Waals surface area (Å²) in [6, 6.07) is 0.342. The van der Waals surface area contributed by atoms with Crippen molar-refractivity contribution < 1.29 is 4.79 Å². The highest BCUT2D eigenvalue weighted by Gasteiger charge is 2.16. The number of guanidine groups is 1. The summed E-state index contributed by atoms with van der Waals surface area (Å²) in [7, 11) is 0. The van der Waals surface area contributed by atoms with E-state index in [2.05, 4.69) is 10.3 Å². The maximum atomic E-state index is 11.3. The number of hydrogen-bond acceptors (Lipinski definition) is 2. The maximum absolute atomic E-state index is 11.3. The molecule has 80 valence electrons. The molecular weight excluding hydrogens is 178 g/mol. The zero-order valence-electron chi connectivity index (χ0n) is 8.92. The van der Waals surface area contributed by atoms with Crippen molar-refractivity contribution in [3.05, 3.63) is 0 Å². The lowest BCUT2D eigenvalue weighted by molar-refractivity contribution is -0.120. The number of carbonyl (C=O) groups is 1. The minimum Gasteiger partial charge on any atom is -0.370 e. The van der Waals surface area contributed by atoms with E-state index in [-0.39, 0.29) is 11.9 Å². The quantitative estimate of drug-likeness (QED) is 0.524. The molecular formula is C10H19N3O. The van der Waals surface area contributed by atoms with E-state index >= 15 is 0 Å². The smallest absolute Gasteiger partial charge is 0.226 e. The van der Waals surface area contributed by atoms with Crippen molar-refractivity contribution in [3.8, 4) is 0 Å². The SMILES string of the molecule is CC(C)CC(=O)NC(N)=NC1CCC1. The van der Waals surface area contributed by atoms with Crippen LogP contribution in [0.5, 0.6) is 0 Å². The fraction of sp³-hybridized carbons (Fsp3) is 0.800. The highest BCUT2D eigenvalue weighted by Crippen LogP contribution is 2.21. The fourth-order valence-corrected chi connectivity index (χ4v) is 1.31. The molecule has 0 unspecified atom stereocenters. The molecule has 1 rings (SSSR count). The van der Waals surface area contributed by atoms with Crippen LogP contribution in [-0.4, -0.2) is 17.9 Å². The number of aliphatic imine (C=N–C) groups is 1. The molecule has 1 saturated carbocycles. The predicted octanol–water partition coefficient (Wildman–Crippen LogP) is 1.02. The molecule has 0 saturated heterocycles. The minimum absolute atomic E-state index is 0.0411. The summed E-state index contributed by atoms with van der Waals surface area (Å²) >= 11 is 0. The van der Waals surface area contributed by atoms with Crippen LogP contribution in [-0.2, 0) is 4.79 Å². The molecule has 4 nitrogen and oxygen atoms in total. The van der Waals surface area contributed by atoms with Gasteiger partial charge in [0.2, 0.25) is 5.91 Å². The molecule has 0 bridgehead atoms. The van der Waals surface area contributed by atoms with Crippen LogP contribution in [0, 0.1) is 5.92 Å². The number of nitrogens with two attached hydrogens (primary N) is 1. The Morgan fingerprint density at radius 1 is 1.57 bits per heavy atom. The summed E-state index contributed by atoms with van der Waals surface area (Å²) in [6.45, 7) is 4.00. The van der Waals surface area contributed by atoms with Crippen molar-refractivity contribution in [2.45, 2.75) is 45.6 Å². The van der Waals surface area contributed by atoms with E-state index in [1.807, 2.05) is 13.8 Å². The minimum atomic E-state index is -0.0411. The Kier molecular flexibility index (Phi) is 3.92. The van der Waals surface area contributed by atoms with Crippen molar-refractivity contribution in [1.29, 1.82) is 0 Å². The molecule has 1 aliphatic rings. The first-order valence-electron chi connectivity index (χ1n) is 5.21. The number of rotatable bonds is 3. The van der Waals surface area contributed by atoms with E-state index in [0.717, 1.165) is 12.8 Å². The Morgan fingerprint density at radius 3 is 2.64 bits per heavy atom. The molecule has 0 radical (unpaired) electrons. The summed E-state index contributed by atoms with van der Waals surface area (Å²) < 4.78 is 0. The molecule has 14 heavy (non-hydrogen) atoms. The summed E-state index contributed by atoms with van der Waals surface area (Å²) in [4.78, 5) is 15.5. The van der Waals surface area contributed by atoms with Gasteiger partial charge in [-0.3, -0.25) is 10.1 Å². The van der Waals surface area contributed by atoms with Gasteiger partial charge in [-0.25, -0.2) is 4.99 Å². The first-order valence-corrected chi connectivity index (χ1v) is 5.21. The molecule has 4 heteroatoms. The lowest BCUT2D eigenvalue weighted by Gasteiger charge is -2.21. The van der Waals surface area contributed by atoms with E-state index < -0.39 is 0 Å². The number of carbonyl (C=O) groups excluding carboxylic acids is 1. The summed E-state index contributed by atoms with van der Waals surface area (Å²) in [5, 5.41) is 2.60. The molecule has 0 atom stereocenters. The number of nitrogens with one attached hydrogen (secondary N) is 1. The monoisotopic (exact) mass is 197 g/mol. The third-order valence-corrected chi connectivity index (χ3v) is 2.26. The van der Waals surface area contributed by atoms with Crippen LogP contribution in [0.4, 0.5) is 0 Å². The van der Waals surface area contributed by atoms with E-state index in [1.165, 1.54) is 6.42 Å². The molecule has 0 aliphatic heterocycles. The van der Waals surface area contributed by atoms with Gasteiger partial charge < -0.3 is 5.73 Å². The largest absolute Gasteiger partial charge is 0.370 e. The van der Waals surface area contributed by atoms with Gasteiger partial charge >= 0.3 is 0 Å². The van der Waals surface area contributed by atoms with Crippen LogP contribution in [0.2, 0.25) is 0 Å². The second-order valence-corrected chi connectivity index (χ2v) is 4.25. The van der Waals surface area contributed by atoms with Crippen LogP contribution in [0.1, 0.15) is 39.5 Å². The highest BCUT2D eigenvalue weighted by molar-refractivity contribution is 5.96. The van der Waals surface area contributed by atoms with Gasteiger partial charge in [-0.05, 0) is 25.2 Å². The Morgan fingerprint density at radius 2 is 2.21 bits per heavy atom. The van der Waals surface area contributed by atoms with Gasteiger partial charge in [0.1, 0.15) is 0 Å². The van der Waals surface area contributed by atoms with Crippen molar-refractivity contribution >= 4 is 11.9 Å². The Labute approximate surface area is 85.0 Å². The van der Waals surface area contributed by atoms with Crippen LogP contribution in [0.3, 0.4) is 0 Å². The van der Waals surface area contributed by atoms with Gasteiger partial charge in [0.25, 0.3) is 0 Å². The summed E-state index contributed by atoms with van der Waals surface area (Å²) in [5.74, 6) is 0.590. The molecule has 0 aromatic rings. The van der Waals surface area contributed by atoms with Crippen molar-refractivity contribution in [2.24, 2.45) is 16.6 Å². The van der Waals surface area contributed by atoms with Crippen molar-refractivity contribution in [1.82, 2.24) is 5.32 Å². The van der Waals surface area contributed by atoms with Gasteiger partial charge in [0.05, 0.1) is 6.04 Å². The second kappa shape index (κ2) is 4.98. The first-order chi connectivity index (χ1) is 6.58. The Bertz CT molecular complexity index is 232. The molecule has 1 aliphatic carbocycles. The van der Waals surface area contributed by atoms with E-state index in [9.17, 15) is 4.79 Å². The Balaban J connectivity index is 2.27. The second-order valence-electron chi connectivity index (χ2n) is 4.25. The highest BCUT2D eigenvalue weighted by atomic mass is 16.1. The number of amides is 1. The summed E-state index contributed by atoms with van der Waals surface area (Å²) in [5.41, 5.74) is 5.58. The van der Waals surface area contributed by atoms with E-state index in [1.54, 1.807) is 0 Å². The van der Waals surface area contributed by atoms with Gasteiger partial charge in [0.15, 0.2) is 5.96 Å². The lowest BCUT2D eigenvalue weighted by Crippen LogP contribution is -2.38. The number of hydrogen-bond donors (Lipinski definition) is 2. The van der Waals surface area contributed by atoms with Crippen LogP contribution < -0.4 is 11.1 Å². The van der Waals surface area contributed by atoms with Gasteiger partial charge in [-0.1, -0.05) is 13.8 Å². The van der Waals surface area contributed by atoms with Gasteiger partial charge in [0, 0.05) is 6.42 Å². The van der Waals surface area contributed by atoms with Gasteiger partial charge in [-0.2, -0.15) is 0 Å². The third kappa shape index (κ3) is 3.77. The average Bonchev–Trinajstić information content (AvgIpc) is 1.94. The topological polar surface area (TPSA) is 67.5 Å². The molecule has 0 spiro atoms. The zero-order chi connectivity index (χ0) is 10.6. The average molecular weight is 197 g/mol. The molecule has 0 aromatic carbocycles. The summed E-state index contributed by atoms with van der Waals surface area (Å²) in [6.07, 6.45) is 3.92. The standard InChI is InChI=1S/C10H19N3O/c1-7(2)6-9(14)13-10(11)12-8-4-3-5-8/h7-8H,3-6H2,1-2H3,(H3,11,12,13,14). The van der Waals surface area contributed by atoms with E-state index in [0.29, 0.717) is 18.4 Å². The lowest BCUT2D eigenvalue weighted by atomic mass is 9.94. The maximum Gasteiger partial charge on any atom is 0.226 e. The fourth-order valence-electron chi connectivity index (χ4n) is 1.31. The molecule has 1 fully saturated rings. The van der Waals surface area contributed by atoms with Crippen molar-refractivity contribution in [2.75, 3.05) is 0 Å².